The molecule has 0 aliphatic heterocycles. The van der Waals surface area contributed by atoms with Crippen LogP contribution < -0.4 is 10.1 Å². The van der Waals surface area contributed by atoms with Crippen LogP contribution in [0.25, 0.3) is 0 Å². The van der Waals surface area contributed by atoms with E-state index in [1.54, 1.807) is 31.4 Å². The van der Waals surface area contributed by atoms with Crippen molar-refractivity contribution in [2.24, 2.45) is 0 Å². The third kappa shape index (κ3) is 3.48. The van der Waals surface area contributed by atoms with Crippen molar-refractivity contribution in [3.8, 4) is 5.75 Å². The average molecular weight is 345 g/mol. The van der Waals surface area contributed by atoms with Crippen LogP contribution in [-0.2, 0) is 6.73 Å². The third-order valence-corrected chi connectivity index (χ3v) is 3.14. The minimum atomic E-state index is -0.236. The maximum Gasteiger partial charge on any atom is 0.271 e. The first kappa shape index (κ1) is 13.9. The van der Waals surface area contributed by atoms with Gasteiger partial charge >= 0.3 is 0 Å². The van der Waals surface area contributed by atoms with Crippen LogP contribution in [0, 0.1) is 0 Å². The highest BCUT2D eigenvalue weighted by Gasteiger charge is 2.07. The fourth-order valence-corrected chi connectivity index (χ4v) is 2.14. The number of hydrogen-bond acceptors (Lipinski definition) is 3. The summed E-state index contributed by atoms with van der Waals surface area (Å²) >= 11 is 9.34. The van der Waals surface area contributed by atoms with Crippen LogP contribution in [0.3, 0.4) is 0 Å². The Bertz CT molecular complexity index is 600. The van der Waals surface area contributed by atoms with Crippen molar-refractivity contribution in [1.29, 1.82) is 0 Å². The number of benzene rings is 1. The maximum absolute atomic E-state index is 11.3. The summed E-state index contributed by atoms with van der Waals surface area (Å²) in [5, 5.41) is 7.08. The zero-order valence-corrected chi connectivity index (χ0v) is 12.4. The van der Waals surface area contributed by atoms with Crippen LogP contribution in [0.2, 0.25) is 5.02 Å². The van der Waals surface area contributed by atoms with Gasteiger partial charge in [0, 0.05) is 17.7 Å². The molecule has 0 saturated heterocycles. The first-order valence-electron chi connectivity index (χ1n) is 5.43. The van der Waals surface area contributed by atoms with Gasteiger partial charge in [-0.2, -0.15) is 5.10 Å². The topological polar surface area (TPSA) is 56.2 Å². The molecule has 1 aromatic carbocycles. The molecular weight excluding hydrogens is 334 g/mol. The van der Waals surface area contributed by atoms with Crippen LogP contribution in [0.15, 0.2) is 34.9 Å². The van der Waals surface area contributed by atoms with Gasteiger partial charge in [-0.15, -0.1) is 0 Å². The monoisotopic (exact) mass is 343 g/mol. The van der Waals surface area contributed by atoms with Crippen LogP contribution in [0.5, 0.6) is 5.75 Å². The van der Waals surface area contributed by atoms with Gasteiger partial charge in [0.1, 0.15) is 11.4 Å². The maximum atomic E-state index is 11.3. The summed E-state index contributed by atoms with van der Waals surface area (Å²) in [6.45, 7) is 0.179. The van der Waals surface area contributed by atoms with Crippen molar-refractivity contribution in [3.63, 3.8) is 0 Å². The molecule has 0 atom stereocenters. The minimum absolute atomic E-state index is 0.179. The number of nitrogens with zero attached hydrogens (tertiary/aromatic N) is 2. The number of halogens is 2. The molecule has 1 N–H and O–H groups in total. The highest BCUT2D eigenvalue weighted by molar-refractivity contribution is 9.10. The number of amides is 1. The molecule has 1 heterocycles. The van der Waals surface area contributed by atoms with E-state index in [1.807, 2.05) is 6.07 Å². The predicted octanol–water partition coefficient (Wildman–Crippen LogP) is 2.70. The van der Waals surface area contributed by atoms with Gasteiger partial charge in [0.2, 0.25) is 0 Å². The van der Waals surface area contributed by atoms with E-state index in [0.29, 0.717) is 16.5 Å². The molecule has 2 rings (SSSR count). The molecular formula is C12H11BrClN3O2. The lowest BCUT2D eigenvalue weighted by Gasteiger charge is -2.08. The second-order valence-electron chi connectivity index (χ2n) is 3.67. The number of ether oxygens (including phenoxy) is 1. The predicted molar refractivity (Wildman–Crippen MR) is 75.4 cm³/mol. The Balaban J connectivity index is 2.02. The van der Waals surface area contributed by atoms with E-state index in [9.17, 15) is 4.79 Å². The van der Waals surface area contributed by atoms with Crippen LogP contribution >= 0.6 is 27.5 Å². The Morgan fingerprint density at radius 2 is 2.32 bits per heavy atom. The molecule has 7 heteroatoms. The van der Waals surface area contributed by atoms with Crippen molar-refractivity contribution in [2.75, 3.05) is 7.05 Å². The van der Waals surface area contributed by atoms with Gasteiger partial charge in [-0.1, -0.05) is 27.5 Å². The molecule has 0 fully saturated rings. The van der Waals surface area contributed by atoms with E-state index < -0.39 is 0 Å². The molecule has 0 saturated carbocycles. The van der Waals surface area contributed by atoms with Gasteiger partial charge in [-0.05, 0) is 24.3 Å². The highest BCUT2D eigenvalue weighted by atomic mass is 79.9. The third-order valence-electron chi connectivity index (χ3n) is 2.35. The van der Waals surface area contributed by atoms with Crippen LogP contribution in [0.1, 0.15) is 10.5 Å². The molecule has 1 amide bonds. The summed E-state index contributed by atoms with van der Waals surface area (Å²) in [5.41, 5.74) is 0.341. The summed E-state index contributed by atoms with van der Waals surface area (Å²) in [5.74, 6) is 0.322. The molecule has 19 heavy (non-hydrogen) atoms. The Morgan fingerprint density at radius 3 is 3.00 bits per heavy atom. The fourth-order valence-electron chi connectivity index (χ4n) is 1.41. The number of carbonyl (C=O) groups excluding carboxylic acids is 1. The Kier molecular flexibility index (Phi) is 4.44. The number of hydrogen-bond donors (Lipinski definition) is 1. The van der Waals surface area contributed by atoms with Crippen LogP contribution in [-0.4, -0.2) is 22.7 Å². The zero-order valence-electron chi connectivity index (χ0n) is 10.1. The normalized spacial score (nSPS) is 10.3. The zero-order chi connectivity index (χ0) is 13.8. The van der Waals surface area contributed by atoms with Gasteiger partial charge in [0.15, 0.2) is 6.73 Å². The molecule has 0 spiro atoms. The molecule has 1 aromatic heterocycles. The van der Waals surface area contributed by atoms with Crippen molar-refractivity contribution >= 4 is 33.4 Å². The van der Waals surface area contributed by atoms with Gasteiger partial charge in [0.25, 0.3) is 5.91 Å². The second kappa shape index (κ2) is 6.08. The van der Waals surface area contributed by atoms with Gasteiger partial charge in [0.05, 0.1) is 5.02 Å². The Labute approximate surface area is 123 Å². The highest BCUT2D eigenvalue weighted by Crippen LogP contribution is 2.27. The molecule has 2 aromatic rings. The first-order valence-corrected chi connectivity index (χ1v) is 6.60. The summed E-state index contributed by atoms with van der Waals surface area (Å²) in [7, 11) is 1.56. The molecule has 100 valence electrons. The van der Waals surface area contributed by atoms with Crippen molar-refractivity contribution < 1.29 is 9.53 Å². The standard InChI is InChI=1S/C12H11BrClN3O2/c1-15-12(18)10-4-5-17(16-10)7-19-11-3-2-8(13)6-9(11)14/h2-6H,7H2,1H3,(H,15,18). The Hall–Kier alpha value is -1.53. The van der Waals surface area contributed by atoms with Gasteiger partial charge in [-0.25, -0.2) is 4.68 Å². The quantitative estimate of drug-likeness (QED) is 0.928. The number of nitrogens with one attached hydrogen (secondary N) is 1. The number of carbonyl (C=O) groups is 1. The summed E-state index contributed by atoms with van der Waals surface area (Å²) < 4.78 is 7.92. The smallest absolute Gasteiger partial charge is 0.271 e. The van der Waals surface area contributed by atoms with E-state index in [-0.39, 0.29) is 12.6 Å². The van der Waals surface area contributed by atoms with Gasteiger partial charge in [-0.3, -0.25) is 4.79 Å². The molecule has 0 unspecified atom stereocenters. The minimum Gasteiger partial charge on any atom is -0.470 e. The van der Waals surface area contributed by atoms with Crippen molar-refractivity contribution in [3.05, 3.63) is 45.7 Å². The lowest BCUT2D eigenvalue weighted by atomic mass is 10.3. The number of rotatable bonds is 4. The molecule has 5 nitrogen and oxygen atoms in total. The molecule has 0 radical (unpaired) electrons. The van der Waals surface area contributed by atoms with E-state index in [4.69, 9.17) is 16.3 Å². The van der Waals surface area contributed by atoms with Crippen LogP contribution in [0.4, 0.5) is 0 Å². The second-order valence-corrected chi connectivity index (χ2v) is 4.99. The summed E-state index contributed by atoms with van der Waals surface area (Å²) in [4.78, 5) is 11.3. The van der Waals surface area contributed by atoms with E-state index in [1.165, 1.54) is 4.68 Å². The molecule has 0 aliphatic carbocycles. The summed E-state index contributed by atoms with van der Waals surface area (Å²) in [6, 6.07) is 6.96. The van der Waals surface area contributed by atoms with E-state index in [2.05, 4.69) is 26.3 Å². The van der Waals surface area contributed by atoms with Crippen molar-refractivity contribution in [1.82, 2.24) is 15.1 Å². The summed E-state index contributed by atoms with van der Waals surface area (Å²) in [6.07, 6.45) is 1.66. The lowest BCUT2D eigenvalue weighted by molar-refractivity contribution is 0.0956. The fraction of sp³-hybridized carbons (Fsp3) is 0.167. The van der Waals surface area contributed by atoms with Gasteiger partial charge < -0.3 is 10.1 Å². The van der Waals surface area contributed by atoms with E-state index in [0.717, 1.165) is 4.47 Å². The van der Waals surface area contributed by atoms with Crippen molar-refractivity contribution in [2.45, 2.75) is 6.73 Å². The molecule has 0 aliphatic rings. The largest absolute Gasteiger partial charge is 0.470 e. The lowest BCUT2D eigenvalue weighted by Crippen LogP contribution is -2.19. The Morgan fingerprint density at radius 1 is 1.53 bits per heavy atom. The average Bonchev–Trinajstić information content (AvgIpc) is 2.85. The molecule has 0 bridgehead atoms. The number of aromatic nitrogens is 2. The first-order chi connectivity index (χ1) is 9.10. The SMILES string of the molecule is CNC(=O)c1ccn(COc2ccc(Br)cc2Cl)n1. The van der Waals surface area contributed by atoms with E-state index >= 15 is 0 Å².